The van der Waals surface area contributed by atoms with Crippen LogP contribution in [0.3, 0.4) is 0 Å². The van der Waals surface area contributed by atoms with Gasteiger partial charge in [0.15, 0.2) is 5.78 Å². The van der Waals surface area contributed by atoms with Crippen LogP contribution in [-0.4, -0.2) is 21.9 Å². The molecule has 0 saturated carbocycles. The van der Waals surface area contributed by atoms with Crippen molar-refractivity contribution in [3.63, 3.8) is 0 Å². The van der Waals surface area contributed by atoms with Gasteiger partial charge in [0, 0.05) is 41.6 Å². The van der Waals surface area contributed by atoms with E-state index < -0.39 is 0 Å². The monoisotopic (exact) mass is 319 g/mol. The molecule has 2 aromatic heterocycles. The zero-order valence-electron chi connectivity index (χ0n) is 14.0. The van der Waals surface area contributed by atoms with Crippen molar-refractivity contribution in [2.45, 2.75) is 20.4 Å². The lowest BCUT2D eigenvalue weighted by atomic mass is 10.1. The summed E-state index contributed by atoms with van der Waals surface area (Å²) in [6, 6.07) is 16.0. The van der Waals surface area contributed by atoms with Crippen LogP contribution in [0.4, 0.5) is 0 Å². The van der Waals surface area contributed by atoms with Gasteiger partial charge in [0.05, 0.1) is 6.54 Å². The van der Waals surface area contributed by atoms with Crippen LogP contribution >= 0.6 is 0 Å². The number of Topliss-reactive ketones (excluding diaryl/α,β-unsaturated/α-hetero) is 1. The normalized spacial score (nSPS) is 10.8. The highest BCUT2D eigenvalue weighted by molar-refractivity contribution is 5.99. The SMILES string of the molecule is Cc1cc(C(=O)CNCc2ccncc2)c(C)n1-c1ccccc1. The summed E-state index contributed by atoms with van der Waals surface area (Å²) < 4.78 is 2.12. The Balaban J connectivity index is 1.72. The molecule has 1 N–H and O–H groups in total. The molecule has 0 fully saturated rings. The van der Waals surface area contributed by atoms with Crippen LogP contribution in [0.25, 0.3) is 5.69 Å². The molecule has 4 heteroatoms. The van der Waals surface area contributed by atoms with E-state index in [1.165, 1.54) is 0 Å². The van der Waals surface area contributed by atoms with Crippen molar-refractivity contribution >= 4 is 5.78 Å². The fourth-order valence-electron chi connectivity index (χ4n) is 2.94. The van der Waals surface area contributed by atoms with Crippen molar-refractivity contribution in [1.29, 1.82) is 0 Å². The number of hydrogen-bond donors (Lipinski definition) is 1. The van der Waals surface area contributed by atoms with E-state index in [4.69, 9.17) is 0 Å². The zero-order valence-corrected chi connectivity index (χ0v) is 14.0. The van der Waals surface area contributed by atoms with Crippen molar-refractivity contribution in [2.75, 3.05) is 6.54 Å². The van der Waals surface area contributed by atoms with Crippen LogP contribution in [0.15, 0.2) is 60.9 Å². The molecule has 0 radical (unpaired) electrons. The van der Waals surface area contributed by atoms with E-state index in [-0.39, 0.29) is 5.78 Å². The second-order valence-electron chi connectivity index (χ2n) is 5.84. The smallest absolute Gasteiger partial charge is 0.178 e. The van der Waals surface area contributed by atoms with Crippen molar-refractivity contribution < 1.29 is 4.79 Å². The molecule has 0 aliphatic carbocycles. The number of rotatable bonds is 6. The molecule has 3 rings (SSSR count). The highest BCUT2D eigenvalue weighted by atomic mass is 16.1. The lowest BCUT2D eigenvalue weighted by molar-refractivity contribution is 0.0990. The van der Waals surface area contributed by atoms with E-state index in [2.05, 4.69) is 27.0 Å². The highest BCUT2D eigenvalue weighted by Crippen LogP contribution is 2.20. The van der Waals surface area contributed by atoms with Crippen molar-refractivity contribution in [2.24, 2.45) is 0 Å². The molecule has 0 amide bonds. The van der Waals surface area contributed by atoms with Gasteiger partial charge < -0.3 is 9.88 Å². The topological polar surface area (TPSA) is 46.9 Å². The molecule has 1 aromatic carbocycles. The average Bonchev–Trinajstić information content (AvgIpc) is 2.91. The third-order valence-electron chi connectivity index (χ3n) is 4.11. The van der Waals surface area contributed by atoms with E-state index in [1.807, 2.05) is 50.2 Å². The Morgan fingerprint density at radius 1 is 1.08 bits per heavy atom. The maximum absolute atomic E-state index is 12.6. The first-order valence-corrected chi connectivity index (χ1v) is 8.04. The quantitative estimate of drug-likeness (QED) is 0.708. The fraction of sp³-hybridized carbons (Fsp3) is 0.200. The third-order valence-corrected chi connectivity index (χ3v) is 4.11. The zero-order chi connectivity index (χ0) is 16.9. The molecule has 0 bridgehead atoms. The molecule has 2 heterocycles. The van der Waals surface area contributed by atoms with Gasteiger partial charge in [0.25, 0.3) is 0 Å². The van der Waals surface area contributed by atoms with Gasteiger partial charge in [-0.25, -0.2) is 0 Å². The largest absolute Gasteiger partial charge is 0.318 e. The minimum absolute atomic E-state index is 0.110. The number of para-hydroxylation sites is 1. The first kappa shape index (κ1) is 16.1. The van der Waals surface area contributed by atoms with Gasteiger partial charge in [0.1, 0.15) is 0 Å². The predicted molar refractivity (Wildman–Crippen MR) is 95.5 cm³/mol. The molecule has 122 valence electrons. The maximum atomic E-state index is 12.6. The van der Waals surface area contributed by atoms with Gasteiger partial charge in [-0.05, 0) is 49.7 Å². The van der Waals surface area contributed by atoms with E-state index >= 15 is 0 Å². The Bertz CT molecular complexity index is 823. The summed E-state index contributed by atoms with van der Waals surface area (Å²) in [4.78, 5) is 16.6. The number of benzene rings is 1. The first-order chi connectivity index (χ1) is 11.7. The molecular weight excluding hydrogens is 298 g/mol. The number of aryl methyl sites for hydroxylation is 1. The number of pyridine rings is 1. The molecule has 0 aliphatic rings. The van der Waals surface area contributed by atoms with Gasteiger partial charge in [-0.1, -0.05) is 18.2 Å². The van der Waals surface area contributed by atoms with E-state index in [1.54, 1.807) is 12.4 Å². The molecule has 0 unspecified atom stereocenters. The minimum atomic E-state index is 0.110. The summed E-state index contributed by atoms with van der Waals surface area (Å²) in [5, 5.41) is 3.21. The van der Waals surface area contributed by atoms with Crippen molar-refractivity contribution in [3.05, 3.63) is 83.4 Å². The number of carbonyl (C=O) groups is 1. The standard InChI is InChI=1S/C20H21N3O/c1-15-12-19(16(2)23(15)18-6-4-3-5-7-18)20(24)14-22-13-17-8-10-21-11-9-17/h3-12,22H,13-14H2,1-2H3. The predicted octanol–water partition coefficient (Wildman–Crippen LogP) is 3.46. The Morgan fingerprint density at radius 2 is 1.79 bits per heavy atom. The van der Waals surface area contributed by atoms with Crippen molar-refractivity contribution in [1.82, 2.24) is 14.9 Å². The molecule has 4 nitrogen and oxygen atoms in total. The Kier molecular flexibility index (Phi) is 4.87. The van der Waals surface area contributed by atoms with E-state index in [0.29, 0.717) is 13.1 Å². The number of nitrogens with zero attached hydrogens (tertiary/aromatic N) is 2. The maximum Gasteiger partial charge on any atom is 0.178 e. The van der Waals surface area contributed by atoms with Crippen LogP contribution in [0.2, 0.25) is 0 Å². The van der Waals surface area contributed by atoms with Crippen molar-refractivity contribution in [3.8, 4) is 5.69 Å². The Labute approximate surface area is 142 Å². The molecular formula is C20H21N3O. The van der Waals surface area contributed by atoms with Crippen LogP contribution in [0, 0.1) is 13.8 Å². The second-order valence-corrected chi connectivity index (χ2v) is 5.84. The van der Waals surface area contributed by atoms with Gasteiger partial charge in [0.2, 0.25) is 0 Å². The minimum Gasteiger partial charge on any atom is -0.318 e. The molecule has 24 heavy (non-hydrogen) atoms. The van der Waals surface area contributed by atoms with Gasteiger partial charge in [-0.3, -0.25) is 9.78 Å². The summed E-state index contributed by atoms with van der Waals surface area (Å²) in [7, 11) is 0. The van der Waals surface area contributed by atoms with Crippen LogP contribution in [-0.2, 0) is 6.54 Å². The van der Waals surface area contributed by atoms with Gasteiger partial charge >= 0.3 is 0 Å². The summed E-state index contributed by atoms with van der Waals surface area (Å²) in [6.45, 7) is 5.00. The highest BCUT2D eigenvalue weighted by Gasteiger charge is 2.16. The fourth-order valence-corrected chi connectivity index (χ4v) is 2.94. The van der Waals surface area contributed by atoms with E-state index in [0.717, 1.165) is 28.2 Å². The molecule has 0 atom stereocenters. The summed E-state index contributed by atoms with van der Waals surface area (Å²) >= 11 is 0. The molecule has 0 spiro atoms. The molecule has 3 aromatic rings. The first-order valence-electron chi connectivity index (χ1n) is 8.04. The third kappa shape index (κ3) is 3.44. The number of carbonyl (C=O) groups excluding carboxylic acids is 1. The molecule has 0 saturated heterocycles. The number of aromatic nitrogens is 2. The lowest BCUT2D eigenvalue weighted by Crippen LogP contribution is -2.23. The van der Waals surface area contributed by atoms with Gasteiger partial charge in [-0.15, -0.1) is 0 Å². The number of nitrogens with one attached hydrogen (secondary N) is 1. The average molecular weight is 319 g/mol. The molecule has 0 aliphatic heterocycles. The van der Waals surface area contributed by atoms with E-state index in [9.17, 15) is 4.79 Å². The Morgan fingerprint density at radius 3 is 2.50 bits per heavy atom. The number of hydrogen-bond acceptors (Lipinski definition) is 3. The second kappa shape index (κ2) is 7.23. The lowest BCUT2D eigenvalue weighted by Gasteiger charge is -2.09. The van der Waals surface area contributed by atoms with Crippen LogP contribution < -0.4 is 5.32 Å². The summed E-state index contributed by atoms with van der Waals surface area (Å²) in [5.41, 5.74) is 5.02. The van der Waals surface area contributed by atoms with Crippen LogP contribution in [0.1, 0.15) is 27.3 Å². The summed E-state index contributed by atoms with van der Waals surface area (Å²) in [6.07, 6.45) is 3.51. The summed E-state index contributed by atoms with van der Waals surface area (Å²) in [5.74, 6) is 0.110. The number of ketones is 1. The Hall–Kier alpha value is -2.72. The van der Waals surface area contributed by atoms with Gasteiger partial charge in [-0.2, -0.15) is 0 Å². The van der Waals surface area contributed by atoms with Crippen LogP contribution in [0.5, 0.6) is 0 Å².